The van der Waals surface area contributed by atoms with Gasteiger partial charge in [0.05, 0.1) is 5.52 Å². The molecule has 0 radical (unpaired) electrons. The van der Waals surface area contributed by atoms with Gasteiger partial charge in [-0.2, -0.15) is 0 Å². The Morgan fingerprint density at radius 2 is 1.89 bits per heavy atom. The minimum absolute atomic E-state index is 0.181. The van der Waals surface area contributed by atoms with Crippen molar-refractivity contribution in [2.75, 3.05) is 19.6 Å². The topological polar surface area (TPSA) is 73.9 Å². The number of imidazole rings is 1. The number of rotatable bonds is 5. The third kappa shape index (κ3) is 2.38. The molecule has 6 heteroatoms. The molecule has 98 valence electrons. The highest BCUT2D eigenvalue weighted by molar-refractivity contribution is 5.69. The van der Waals surface area contributed by atoms with Gasteiger partial charge < -0.3 is 14.9 Å². The van der Waals surface area contributed by atoms with Crippen molar-refractivity contribution in [2.45, 2.75) is 20.4 Å². The minimum Gasteiger partial charge on any atom is -0.307 e. The first-order chi connectivity index (χ1) is 8.65. The maximum atomic E-state index is 11.8. The molecule has 0 aliphatic rings. The summed E-state index contributed by atoms with van der Waals surface area (Å²) in [6.07, 6.45) is 0. The lowest BCUT2D eigenvalue weighted by atomic mass is 10.4. The van der Waals surface area contributed by atoms with E-state index >= 15 is 0 Å². The zero-order valence-electron chi connectivity index (χ0n) is 10.7. The molecule has 0 aliphatic heterocycles. The van der Waals surface area contributed by atoms with Gasteiger partial charge in [0, 0.05) is 19.2 Å². The lowest BCUT2D eigenvalue weighted by Gasteiger charge is -2.17. The number of pyridine rings is 1. The Hall–Kier alpha value is -1.82. The van der Waals surface area contributed by atoms with Crippen molar-refractivity contribution < 1.29 is 0 Å². The molecule has 0 spiro atoms. The fourth-order valence-corrected chi connectivity index (χ4v) is 2.06. The number of aromatic amines is 2. The van der Waals surface area contributed by atoms with Crippen molar-refractivity contribution in [3.63, 3.8) is 0 Å². The van der Waals surface area contributed by atoms with Gasteiger partial charge in [-0.15, -0.1) is 0 Å². The monoisotopic (exact) mass is 250 g/mol. The van der Waals surface area contributed by atoms with E-state index in [2.05, 4.69) is 28.7 Å². The molecule has 0 fully saturated rings. The van der Waals surface area contributed by atoms with E-state index < -0.39 is 0 Å². The van der Waals surface area contributed by atoms with E-state index in [4.69, 9.17) is 0 Å². The van der Waals surface area contributed by atoms with Crippen LogP contribution in [0.1, 0.15) is 13.8 Å². The number of aromatic nitrogens is 3. The van der Waals surface area contributed by atoms with Gasteiger partial charge in [-0.25, -0.2) is 4.79 Å². The molecule has 0 aliphatic carbocycles. The predicted molar refractivity (Wildman–Crippen MR) is 71.0 cm³/mol. The van der Waals surface area contributed by atoms with Crippen molar-refractivity contribution >= 4 is 11.2 Å². The van der Waals surface area contributed by atoms with Crippen molar-refractivity contribution in [1.82, 2.24) is 19.4 Å². The summed E-state index contributed by atoms with van der Waals surface area (Å²) in [5.74, 6) is 0. The third-order valence-electron chi connectivity index (χ3n) is 3.19. The predicted octanol–water partition coefficient (Wildman–Crippen LogP) is 0.360. The van der Waals surface area contributed by atoms with Crippen molar-refractivity contribution in [1.29, 1.82) is 0 Å². The lowest BCUT2D eigenvalue weighted by Crippen LogP contribution is -2.30. The second-order valence-corrected chi connectivity index (χ2v) is 4.19. The number of nitrogens with one attached hydrogen (secondary N) is 2. The highest BCUT2D eigenvalue weighted by atomic mass is 16.1. The van der Waals surface area contributed by atoms with Gasteiger partial charge in [0.2, 0.25) is 5.56 Å². The molecule has 6 nitrogen and oxygen atoms in total. The van der Waals surface area contributed by atoms with Gasteiger partial charge in [-0.1, -0.05) is 13.8 Å². The summed E-state index contributed by atoms with van der Waals surface area (Å²) >= 11 is 0. The number of likely N-dealkylation sites (N-methyl/N-ethyl adjacent to an activating group) is 1. The van der Waals surface area contributed by atoms with Crippen LogP contribution < -0.4 is 11.2 Å². The molecule has 0 aromatic carbocycles. The van der Waals surface area contributed by atoms with Gasteiger partial charge in [-0.3, -0.25) is 9.36 Å². The molecule has 0 saturated heterocycles. The first-order valence-corrected chi connectivity index (χ1v) is 6.20. The Morgan fingerprint density at radius 1 is 1.17 bits per heavy atom. The first kappa shape index (κ1) is 12.6. The van der Waals surface area contributed by atoms with E-state index in [1.54, 1.807) is 10.6 Å². The van der Waals surface area contributed by atoms with Crippen LogP contribution in [0.5, 0.6) is 0 Å². The fraction of sp³-hybridized carbons (Fsp3) is 0.500. The largest absolute Gasteiger partial charge is 0.327 e. The molecule has 0 unspecified atom stereocenters. The number of fused-ring (bicyclic) bond motifs is 1. The van der Waals surface area contributed by atoms with E-state index in [1.807, 2.05) is 0 Å². The van der Waals surface area contributed by atoms with Gasteiger partial charge in [0.1, 0.15) is 5.65 Å². The number of nitrogens with zero attached hydrogens (tertiary/aromatic N) is 2. The van der Waals surface area contributed by atoms with Gasteiger partial charge in [-0.05, 0) is 19.2 Å². The Bertz CT molecular complexity index is 633. The molecule has 0 bridgehead atoms. The van der Waals surface area contributed by atoms with Crippen LogP contribution in [0, 0.1) is 0 Å². The van der Waals surface area contributed by atoms with Crippen LogP contribution in [0.25, 0.3) is 11.2 Å². The normalized spacial score (nSPS) is 11.5. The van der Waals surface area contributed by atoms with Crippen molar-refractivity contribution in [2.24, 2.45) is 0 Å². The summed E-state index contributed by atoms with van der Waals surface area (Å²) in [4.78, 5) is 30.8. The standard InChI is InChI=1S/C12H18N4O2/c1-3-15(4-2)7-8-16-11-9(13-12(16)18)5-6-10(17)14-11/h5-6H,3-4,7-8H2,1-2H3,(H,13,18)(H,14,17). The summed E-state index contributed by atoms with van der Waals surface area (Å²) in [6, 6.07) is 3.04. The Kier molecular flexibility index (Phi) is 3.66. The molecular weight excluding hydrogens is 232 g/mol. The van der Waals surface area contributed by atoms with E-state index in [0.717, 1.165) is 19.6 Å². The molecule has 2 heterocycles. The summed E-state index contributed by atoms with van der Waals surface area (Å²) < 4.78 is 1.58. The first-order valence-electron chi connectivity index (χ1n) is 6.20. The zero-order valence-corrected chi connectivity index (χ0v) is 10.7. The summed E-state index contributed by atoms with van der Waals surface area (Å²) in [7, 11) is 0. The molecule has 0 saturated carbocycles. The highest BCUT2D eigenvalue weighted by Gasteiger charge is 2.08. The third-order valence-corrected chi connectivity index (χ3v) is 3.19. The van der Waals surface area contributed by atoms with Crippen molar-refractivity contribution in [3.05, 3.63) is 33.0 Å². The van der Waals surface area contributed by atoms with Crippen LogP contribution in [0.15, 0.2) is 21.7 Å². The Balaban J connectivity index is 2.32. The van der Waals surface area contributed by atoms with E-state index in [-0.39, 0.29) is 11.2 Å². The van der Waals surface area contributed by atoms with E-state index in [0.29, 0.717) is 17.7 Å². The van der Waals surface area contributed by atoms with Crippen LogP contribution in [0.2, 0.25) is 0 Å². The van der Waals surface area contributed by atoms with Gasteiger partial charge in [0.15, 0.2) is 0 Å². The maximum absolute atomic E-state index is 11.8. The lowest BCUT2D eigenvalue weighted by molar-refractivity contribution is 0.290. The smallest absolute Gasteiger partial charge is 0.307 e. The molecule has 2 aromatic rings. The number of hydrogen-bond donors (Lipinski definition) is 2. The van der Waals surface area contributed by atoms with E-state index in [1.165, 1.54) is 6.07 Å². The van der Waals surface area contributed by atoms with E-state index in [9.17, 15) is 9.59 Å². The molecule has 2 rings (SSSR count). The number of H-pyrrole nitrogens is 2. The molecule has 2 N–H and O–H groups in total. The van der Waals surface area contributed by atoms with Crippen LogP contribution in [-0.4, -0.2) is 39.1 Å². The van der Waals surface area contributed by atoms with Gasteiger partial charge in [0.25, 0.3) is 0 Å². The van der Waals surface area contributed by atoms with Crippen LogP contribution in [0.3, 0.4) is 0 Å². The Morgan fingerprint density at radius 3 is 2.56 bits per heavy atom. The molecule has 18 heavy (non-hydrogen) atoms. The molecule has 2 aromatic heterocycles. The zero-order chi connectivity index (χ0) is 13.1. The average molecular weight is 250 g/mol. The van der Waals surface area contributed by atoms with Crippen LogP contribution in [0.4, 0.5) is 0 Å². The van der Waals surface area contributed by atoms with Crippen LogP contribution >= 0.6 is 0 Å². The second kappa shape index (κ2) is 5.22. The number of hydrogen-bond acceptors (Lipinski definition) is 3. The van der Waals surface area contributed by atoms with Crippen LogP contribution in [-0.2, 0) is 6.54 Å². The quantitative estimate of drug-likeness (QED) is 0.804. The fourth-order valence-electron chi connectivity index (χ4n) is 2.06. The molecular formula is C12H18N4O2. The summed E-state index contributed by atoms with van der Waals surface area (Å²) in [5, 5.41) is 0. The molecule has 0 amide bonds. The maximum Gasteiger partial charge on any atom is 0.327 e. The van der Waals surface area contributed by atoms with Gasteiger partial charge >= 0.3 is 5.69 Å². The Labute approximate surface area is 104 Å². The average Bonchev–Trinajstić information content (AvgIpc) is 2.66. The molecule has 0 atom stereocenters. The highest BCUT2D eigenvalue weighted by Crippen LogP contribution is 2.03. The second-order valence-electron chi connectivity index (χ2n) is 4.19. The summed E-state index contributed by atoms with van der Waals surface area (Å²) in [5.41, 5.74) is 0.857. The summed E-state index contributed by atoms with van der Waals surface area (Å²) in [6.45, 7) is 7.43. The SMILES string of the molecule is CCN(CC)CCn1c(=O)[nH]c2ccc(=O)[nH]c21. The van der Waals surface area contributed by atoms with Crippen molar-refractivity contribution in [3.8, 4) is 0 Å². The minimum atomic E-state index is -0.196.